The summed E-state index contributed by atoms with van der Waals surface area (Å²) < 4.78 is 0. The predicted molar refractivity (Wildman–Crippen MR) is 96.0 cm³/mol. The van der Waals surface area contributed by atoms with Crippen LogP contribution in [0.15, 0.2) is 0 Å². The smallest absolute Gasteiger partial charge is 0.00257 e. The van der Waals surface area contributed by atoms with Crippen LogP contribution in [0.4, 0.5) is 0 Å². The molecule has 0 spiro atoms. The van der Waals surface area contributed by atoms with Crippen molar-refractivity contribution in [1.82, 2.24) is 0 Å². The SMILES string of the molecule is CC(CCN)CC(C)(C)CN.CC(CN)CC(C)CCN. The first kappa shape index (κ1) is 23.1. The van der Waals surface area contributed by atoms with E-state index in [1.54, 1.807) is 0 Å². The Morgan fingerprint density at radius 2 is 1.24 bits per heavy atom. The van der Waals surface area contributed by atoms with Crippen LogP contribution in [0.5, 0.6) is 0 Å². The largest absolute Gasteiger partial charge is 0.330 e. The zero-order valence-electron chi connectivity index (χ0n) is 15.2. The number of hydrogen-bond donors (Lipinski definition) is 4. The molecule has 0 bridgehead atoms. The van der Waals surface area contributed by atoms with E-state index in [2.05, 4.69) is 34.6 Å². The van der Waals surface area contributed by atoms with Crippen molar-refractivity contribution in [1.29, 1.82) is 0 Å². The van der Waals surface area contributed by atoms with Gasteiger partial charge >= 0.3 is 0 Å². The van der Waals surface area contributed by atoms with Crippen LogP contribution in [-0.4, -0.2) is 26.2 Å². The van der Waals surface area contributed by atoms with Gasteiger partial charge in [-0.3, -0.25) is 0 Å². The van der Waals surface area contributed by atoms with Crippen molar-refractivity contribution in [3.63, 3.8) is 0 Å². The molecule has 0 aliphatic rings. The van der Waals surface area contributed by atoms with Crippen molar-refractivity contribution in [2.45, 2.75) is 60.3 Å². The van der Waals surface area contributed by atoms with Crippen molar-refractivity contribution >= 4 is 0 Å². The topological polar surface area (TPSA) is 104 Å². The highest BCUT2D eigenvalue weighted by atomic mass is 14.6. The van der Waals surface area contributed by atoms with E-state index in [9.17, 15) is 0 Å². The summed E-state index contributed by atoms with van der Waals surface area (Å²) in [6.07, 6.45) is 4.64. The molecule has 0 aromatic rings. The Morgan fingerprint density at radius 1 is 0.762 bits per heavy atom. The molecule has 0 aromatic carbocycles. The lowest BCUT2D eigenvalue weighted by molar-refractivity contribution is 0.279. The Balaban J connectivity index is 0. The fraction of sp³-hybridized carbons (Fsp3) is 1.00. The Labute approximate surface area is 133 Å². The summed E-state index contributed by atoms with van der Waals surface area (Å²) in [5.41, 5.74) is 22.3. The number of rotatable bonds is 10. The summed E-state index contributed by atoms with van der Waals surface area (Å²) in [5, 5.41) is 0. The molecule has 0 aliphatic heterocycles. The zero-order valence-corrected chi connectivity index (χ0v) is 15.2. The Hall–Kier alpha value is -0.160. The van der Waals surface area contributed by atoms with Gasteiger partial charge in [0.1, 0.15) is 0 Å². The lowest BCUT2D eigenvalue weighted by Crippen LogP contribution is -2.26. The van der Waals surface area contributed by atoms with Crippen LogP contribution in [0.3, 0.4) is 0 Å². The first-order chi connectivity index (χ1) is 9.72. The molecule has 0 saturated carbocycles. The lowest BCUT2D eigenvalue weighted by Gasteiger charge is -2.25. The molecule has 21 heavy (non-hydrogen) atoms. The van der Waals surface area contributed by atoms with Gasteiger partial charge in [-0.1, -0.05) is 34.6 Å². The average Bonchev–Trinajstić information content (AvgIpc) is 2.39. The fourth-order valence-corrected chi connectivity index (χ4v) is 2.60. The van der Waals surface area contributed by atoms with Crippen molar-refractivity contribution < 1.29 is 0 Å². The van der Waals surface area contributed by atoms with Gasteiger partial charge in [0.25, 0.3) is 0 Å². The molecule has 0 saturated heterocycles. The number of hydrogen-bond acceptors (Lipinski definition) is 4. The molecule has 0 aromatic heterocycles. The molecule has 0 aliphatic carbocycles. The highest BCUT2D eigenvalue weighted by Gasteiger charge is 2.18. The molecule has 0 amide bonds. The second-order valence-electron chi connectivity index (χ2n) is 7.51. The van der Waals surface area contributed by atoms with Gasteiger partial charge in [-0.05, 0) is 75.0 Å². The lowest BCUT2D eigenvalue weighted by atomic mass is 9.82. The molecule has 4 nitrogen and oxygen atoms in total. The zero-order chi connectivity index (χ0) is 16.9. The van der Waals surface area contributed by atoms with E-state index < -0.39 is 0 Å². The molecule has 130 valence electrons. The van der Waals surface area contributed by atoms with E-state index in [1.165, 1.54) is 12.8 Å². The molecule has 8 N–H and O–H groups in total. The third-order valence-electron chi connectivity index (χ3n) is 3.98. The van der Waals surface area contributed by atoms with E-state index >= 15 is 0 Å². The van der Waals surface area contributed by atoms with Crippen LogP contribution >= 0.6 is 0 Å². The normalized spacial score (nSPS) is 15.9. The maximum atomic E-state index is 5.62. The standard InChI is InChI=1S/C9H22N2.C8H20N2/c1-8(4-5-10)6-9(2,3)7-11;1-7(3-4-9)5-8(2)6-10/h8H,4-7,10-11H2,1-3H3;7-8H,3-6,9-10H2,1-2H3. The maximum Gasteiger partial charge on any atom is -0.00257 e. The monoisotopic (exact) mass is 302 g/mol. The molecule has 0 rings (SSSR count). The van der Waals surface area contributed by atoms with Crippen LogP contribution in [0.25, 0.3) is 0 Å². The van der Waals surface area contributed by atoms with E-state index in [0.29, 0.717) is 11.8 Å². The quantitative estimate of drug-likeness (QED) is 0.497. The fourth-order valence-electron chi connectivity index (χ4n) is 2.60. The van der Waals surface area contributed by atoms with E-state index in [4.69, 9.17) is 22.9 Å². The average molecular weight is 303 g/mol. The molecule has 0 radical (unpaired) electrons. The third-order valence-corrected chi connectivity index (χ3v) is 3.98. The molecule has 3 atom stereocenters. The van der Waals surface area contributed by atoms with Gasteiger partial charge < -0.3 is 22.9 Å². The van der Waals surface area contributed by atoms with Crippen LogP contribution in [0.2, 0.25) is 0 Å². The first-order valence-electron chi connectivity index (χ1n) is 8.52. The third kappa shape index (κ3) is 16.0. The van der Waals surface area contributed by atoms with Gasteiger partial charge in [-0.15, -0.1) is 0 Å². The molecule has 4 heteroatoms. The molecular weight excluding hydrogens is 260 g/mol. The molecule has 0 fully saturated rings. The number of nitrogens with two attached hydrogens (primary N) is 4. The van der Waals surface area contributed by atoms with E-state index in [-0.39, 0.29) is 5.41 Å². The Bertz CT molecular complexity index is 219. The summed E-state index contributed by atoms with van der Waals surface area (Å²) in [7, 11) is 0. The summed E-state index contributed by atoms with van der Waals surface area (Å²) in [5.74, 6) is 2.10. The molecule has 0 heterocycles. The summed E-state index contributed by atoms with van der Waals surface area (Å²) in [6, 6.07) is 0. The van der Waals surface area contributed by atoms with Crippen molar-refractivity contribution in [2.24, 2.45) is 46.1 Å². The molecule has 3 unspecified atom stereocenters. The van der Waals surface area contributed by atoms with Crippen LogP contribution in [0, 0.1) is 23.2 Å². The summed E-state index contributed by atoms with van der Waals surface area (Å²) in [4.78, 5) is 0. The highest BCUT2D eigenvalue weighted by Crippen LogP contribution is 2.25. The van der Waals surface area contributed by atoms with Gasteiger partial charge in [-0.25, -0.2) is 0 Å². The first-order valence-corrected chi connectivity index (χ1v) is 8.52. The summed E-state index contributed by atoms with van der Waals surface area (Å²) >= 11 is 0. The Morgan fingerprint density at radius 3 is 1.62 bits per heavy atom. The van der Waals surface area contributed by atoms with E-state index in [0.717, 1.165) is 44.9 Å². The Kier molecular flexibility index (Phi) is 14.9. The summed E-state index contributed by atoms with van der Waals surface area (Å²) in [6.45, 7) is 14.2. The minimum Gasteiger partial charge on any atom is -0.330 e. The van der Waals surface area contributed by atoms with Crippen molar-refractivity contribution in [3.05, 3.63) is 0 Å². The van der Waals surface area contributed by atoms with Crippen LogP contribution in [-0.2, 0) is 0 Å². The maximum absolute atomic E-state index is 5.62. The van der Waals surface area contributed by atoms with Crippen LogP contribution < -0.4 is 22.9 Å². The van der Waals surface area contributed by atoms with Crippen molar-refractivity contribution in [2.75, 3.05) is 26.2 Å². The minimum atomic E-state index is 0.286. The predicted octanol–water partition coefficient (Wildman–Crippen LogP) is 2.30. The van der Waals surface area contributed by atoms with Gasteiger partial charge in [0.05, 0.1) is 0 Å². The molecular formula is C17H42N4. The highest BCUT2D eigenvalue weighted by molar-refractivity contribution is 4.72. The van der Waals surface area contributed by atoms with Gasteiger partial charge in [0.15, 0.2) is 0 Å². The van der Waals surface area contributed by atoms with Crippen LogP contribution in [0.1, 0.15) is 60.3 Å². The van der Waals surface area contributed by atoms with Gasteiger partial charge in [0, 0.05) is 0 Å². The second-order valence-corrected chi connectivity index (χ2v) is 7.51. The second kappa shape index (κ2) is 13.5. The van der Waals surface area contributed by atoms with Gasteiger partial charge in [0.2, 0.25) is 0 Å². The van der Waals surface area contributed by atoms with E-state index in [1.807, 2.05) is 0 Å². The minimum absolute atomic E-state index is 0.286. The van der Waals surface area contributed by atoms with Gasteiger partial charge in [-0.2, -0.15) is 0 Å². The van der Waals surface area contributed by atoms with Crippen molar-refractivity contribution in [3.8, 4) is 0 Å².